The number of hydrogen-bond donors (Lipinski definition) is 6. The molecule has 7 N–H and O–H groups in total. The van der Waals surface area contributed by atoms with Gasteiger partial charge in [-0.05, 0) is 31.8 Å². The number of amides is 4. The summed E-state index contributed by atoms with van der Waals surface area (Å²) >= 11 is 0. The van der Waals surface area contributed by atoms with Crippen molar-refractivity contribution in [3.63, 3.8) is 0 Å². The van der Waals surface area contributed by atoms with Gasteiger partial charge in [-0.1, -0.05) is 0 Å². The van der Waals surface area contributed by atoms with Gasteiger partial charge in [0.15, 0.2) is 0 Å². The largest absolute Gasteiger partial charge is 0.480 e. The molecule has 2 fully saturated rings. The van der Waals surface area contributed by atoms with Crippen LogP contribution in [0.15, 0.2) is 0 Å². The molecule has 2 heterocycles. The minimum absolute atomic E-state index is 0.0275. The lowest BCUT2D eigenvalue weighted by molar-refractivity contribution is -0.146. The van der Waals surface area contributed by atoms with Crippen LogP contribution in [0.25, 0.3) is 0 Å². The van der Waals surface area contributed by atoms with E-state index >= 15 is 0 Å². The minimum atomic E-state index is -1.30. The van der Waals surface area contributed by atoms with Crippen LogP contribution < -0.4 is 16.4 Å². The normalized spacial score (nSPS) is 17.7. The molecule has 0 aliphatic carbocycles. The van der Waals surface area contributed by atoms with Gasteiger partial charge in [0.05, 0.1) is 19.6 Å². The maximum Gasteiger partial charge on any atom is 0.323 e. The smallest absolute Gasteiger partial charge is 0.323 e. The fraction of sp³-hybridized carbons (Fsp3) is 0.750. The second kappa shape index (κ2) is 20.3. The summed E-state index contributed by atoms with van der Waals surface area (Å²) in [6, 6.07) is 0. The first-order valence-electron chi connectivity index (χ1n) is 15.4. The maximum absolute atomic E-state index is 12.5. The van der Waals surface area contributed by atoms with Gasteiger partial charge in [-0.2, -0.15) is 0 Å². The Morgan fingerprint density at radius 2 is 1.09 bits per heavy atom. The lowest BCUT2D eigenvalue weighted by atomic mass is 9.96. The van der Waals surface area contributed by atoms with Crippen molar-refractivity contribution >= 4 is 41.5 Å². The number of piperidine rings is 1. The third-order valence-corrected chi connectivity index (χ3v) is 7.87. The van der Waals surface area contributed by atoms with Crippen LogP contribution in [0.3, 0.4) is 0 Å². The number of rotatable bonds is 18. The van der Waals surface area contributed by atoms with Gasteiger partial charge in [0, 0.05) is 71.7 Å². The summed E-state index contributed by atoms with van der Waals surface area (Å²) in [7, 11) is 0. The van der Waals surface area contributed by atoms with Crippen LogP contribution in [0, 0.1) is 5.92 Å². The van der Waals surface area contributed by atoms with Gasteiger partial charge < -0.3 is 41.5 Å². The van der Waals surface area contributed by atoms with Gasteiger partial charge in [-0.3, -0.25) is 48.3 Å². The zero-order chi connectivity index (χ0) is 34.1. The predicted octanol–water partition coefficient (Wildman–Crippen LogP) is -3.80. The van der Waals surface area contributed by atoms with E-state index in [4.69, 9.17) is 10.8 Å². The number of nitrogens with one attached hydrogen (secondary N) is 2. The molecule has 0 unspecified atom stereocenters. The number of likely N-dealkylation sites (tertiary alicyclic amines) is 1. The number of nitrogens with two attached hydrogens (primary N) is 1. The van der Waals surface area contributed by atoms with Gasteiger partial charge in [0.2, 0.25) is 23.6 Å². The Morgan fingerprint density at radius 1 is 0.609 bits per heavy atom. The molecule has 2 rings (SSSR count). The highest BCUT2D eigenvalue weighted by Crippen LogP contribution is 2.18. The van der Waals surface area contributed by atoms with E-state index in [9.17, 15) is 43.8 Å². The van der Waals surface area contributed by atoms with Crippen LogP contribution in [0.2, 0.25) is 0 Å². The minimum Gasteiger partial charge on any atom is -0.480 e. The van der Waals surface area contributed by atoms with Crippen LogP contribution in [-0.2, 0) is 33.6 Å². The van der Waals surface area contributed by atoms with E-state index < -0.39 is 48.7 Å². The topological polar surface area (TPSA) is 246 Å². The number of carbonyl (C=O) groups excluding carboxylic acids is 4. The summed E-state index contributed by atoms with van der Waals surface area (Å²) in [5, 5.41) is 32.7. The number of aliphatic carboxylic acids is 3. The molecule has 0 saturated carbocycles. The van der Waals surface area contributed by atoms with E-state index in [0.717, 1.165) is 24.3 Å². The molecule has 0 atom stereocenters. The summed E-state index contributed by atoms with van der Waals surface area (Å²) in [4.78, 5) is 90.5. The average molecular weight is 657 g/mol. The number of nitrogens with zero attached hydrogens (tertiary/aromatic N) is 5. The molecule has 0 bridgehead atoms. The monoisotopic (exact) mass is 656 g/mol. The summed E-state index contributed by atoms with van der Waals surface area (Å²) in [6.45, 7) is 4.35. The van der Waals surface area contributed by atoms with E-state index in [1.54, 1.807) is 0 Å². The first-order chi connectivity index (χ1) is 21.8. The van der Waals surface area contributed by atoms with Gasteiger partial charge in [0.1, 0.15) is 13.1 Å². The first kappa shape index (κ1) is 38.3. The SMILES string of the molecule is NC(=O)CCNC(=O)CN(CC(=O)O)C(=O)CCNC(=O)CN1CCC(CN2CCN(CC(=O)O)CCN(CC(=O)O)CC2)CC1. The van der Waals surface area contributed by atoms with E-state index in [0.29, 0.717) is 58.3 Å². The Hall–Kier alpha value is -3.87. The number of carboxylic acids is 3. The lowest BCUT2D eigenvalue weighted by Crippen LogP contribution is -2.46. The molecule has 0 aromatic rings. The molecular formula is C28H48N8O10. The van der Waals surface area contributed by atoms with Crippen LogP contribution in [0.1, 0.15) is 25.7 Å². The van der Waals surface area contributed by atoms with E-state index in [2.05, 4.69) is 15.5 Å². The Labute approximate surface area is 267 Å². The highest BCUT2D eigenvalue weighted by molar-refractivity contribution is 5.88. The fourth-order valence-electron chi connectivity index (χ4n) is 5.43. The first-order valence-corrected chi connectivity index (χ1v) is 15.4. The molecule has 0 aromatic heterocycles. The van der Waals surface area contributed by atoms with Crippen molar-refractivity contribution in [3.8, 4) is 0 Å². The van der Waals surface area contributed by atoms with Crippen molar-refractivity contribution < 1.29 is 48.9 Å². The van der Waals surface area contributed by atoms with Gasteiger partial charge in [-0.25, -0.2) is 0 Å². The molecule has 260 valence electrons. The van der Waals surface area contributed by atoms with E-state index in [1.807, 2.05) is 14.7 Å². The molecule has 2 aliphatic heterocycles. The average Bonchev–Trinajstić information content (AvgIpc) is 3.04. The van der Waals surface area contributed by atoms with Gasteiger partial charge in [0.25, 0.3) is 0 Å². The van der Waals surface area contributed by atoms with Crippen LogP contribution >= 0.6 is 0 Å². The van der Waals surface area contributed by atoms with Crippen molar-refractivity contribution in [1.29, 1.82) is 0 Å². The third-order valence-electron chi connectivity index (χ3n) is 7.87. The number of carbonyl (C=O) groups is 7. The zero-order valence-corrected chi connectivity index (χ0v) is 26.2. The number of carboxylic acid groups (broad SMARTS) is 3. The standard InChI is InChI=1S/C28H48N8O10/c29-22(37)1-5-30-24(39)17-36(20-28(45)46)25(40)2-6-31-23(38)16-32-7-3-21(4-8-32)15-33-9-11-34(18-26(41)42)13-14-35(12-10-33)19-27(43)44/h21H,1-20H2,(H2,29,37)(H,30,39)(H,31,38)(H,41,42)(H,43,44)(H,45,46). The molecule has 2 saturated heterocycles. The molecule has 0 radical (unpaired) electrons. The van der Waals surface area contributed by atoms with Gasteiger partial charge >= 0.3 is 17.9 Å². The second-order valence-corrected chi connectivity index (χ2v) is 11.7. The van der Waals surface area contributed by atoms with E-state index in [-0.39, 0.29) is 51.5 Å². The Kier molecular flexibility index (Phi) is 16.9. The van der Waals surface area contributed by atoms with Crippen molar-refractivity contribution in [2.24, 2.45) is 11.7 Å². The van der Waals surface area contributed by atoms with Crippen molar-refractivity contribution in [2.45, 2.75) is 25.7 Å². The Morgan fingerprint density at radius 3 is 1.59 bits per heavy atom. The van der Waals surface area contributed by atoms with Crippen LogP contribution in [-0.4, -0.2) is 186 Å². The lowest BCUT2D eigenvalue weighted by Gasteiger charge is -2.35. The molecule has 4 amide bonds. The molecule has 18 heteroatoms. The molecular weight excluding hydrogens is 608 g/mol. The van der Waals surface area contributed by atoms with E-state index in [1.165, 1.54) is 0 Å². The Bertz CT molecular complexity index is 1040. The Balaban J connectivity index is 1.75. The summed E-state index contributed by atoms with van der Waals surface area (Å²) < 4.78 is 0. The molecule has 0 aromatic carbocycles. The van der Waals surface area contributed by atoms with Crippen LogP contribution in [0.5, 0.6) is 0 Å². The quantitative estimate of drug-likeness (QED) is 0.0829. The summed E-state index contributed by atoms with van der Waals surface area (Å²) in [5.74, 6) is -4.92. The predicted molar refractivity (Wildman–Crippen MR) is 162 cm³/mol. The fourth-order valence-corrected chi connectivity index (χ4v) is 5.43. The number of hydrogen-bond acceptors (Lipinski definition) is 11. The van der Waals surface area contributed by atoms with Crippen molar-refractivity contribution in [1.82, 2.24) is 35.1 Å². The summed E-state index contributed by atoms with van der Waals surface area (Å²) in [6.07, 6.45) is 1.42. The molecule has 46 heavy (non-hydrogen) atoms. The molecule has 2 aliphatic rings. The highest BCUT2D eigenvalue weighted by Gasteiger charge is 2.25. The summed E-state index contributed by atoms with van der Waals surface area (Å²) in [5.41, 5.74) is 5.01. The third kappa shape index (κ3) is 16.4. The zero-order valence-electron chi connectivity index (χ0n) is 26.2. The van der Waals surface area contributed by atoms with Crippen molar-refractivity contribution in [3.05, 3.63) is 0 Å². The van der Waals surface area contributed by atoms with Crippen molar-refractivity contribution in [2.75, 3.05) is 105 Å². The van der Waals surface area contributed by atoms with Crippen LogP contribution in [0.4, 0.5) is 0 Å². The molecule has 0 spiro atoms. The highest BCUT2D eigenvalue weighted by atomic mass is 16.4. The maximum atomic E-state index is 12.5. The second-order valence-electron chi connectivity index (χ2n) is 11.7. The molecule has 18 nitrogen and oxygen atoms in total. The number of primary amides is 1. The van der Waals surface area contributed by atoms with Gasteiger partial charge in [-0.15, -0.1) is 0 Å².